The van der Waals surface area contributed by atoms with Crippen molar-refractivity contribution < 1.29 is 9.47 Å². The average Bonchev–Trinajstić information content (AvgIpc) is 3.65. The van der Waals surface area contributed by atoms with Gasteiger partial charge in [-0.3, -0.25) is 0 Å². The molecule has 46 heavy (non-hydrogen) atoms. The summed E-state index contributed by atoms with van der Waals surface area (Å²) in [7, 11) is 0. The monoisotopic (exact) mass is 648 g/mol. The molecule has 12 heteroatoms. The van der Waals surface area contributed by atoms with E-state index in [1.165, 1.54) is 0 Å². The highest BCUT2D eigenvalue weighted by Crippen LogP contribution is 2.24. The highest BCUT2D eigenvalue weighted by atomic mass is 32.1. The maximum atomic E-state index is 5.53. The van der Waals surface area contributed by atoms with Crippen molar-refractivity contribution in [2.45, 2.75) is 13.8 Å². The number of rotatable bonds is 10. The number of ether oxygens (including phenoxy) is 2. The van der Waals surface area contributed by atoms with Crippen LogP contribution in [0.5, 0.6) is 11.5 Å². The van der Waals surface area contributed by atoms with Gasteiger partial charge in [0.15, 0.2) is 11.6 Å². The summed E-state index contributed by atoms with van der Waals surface area (Å²) in [4.78, 5) is 0. The lowest BCUT2D eigenvalue weighted by atomic mass is 10.2. The number of nitrogens with zero attached hydrogens (tertiary/aromatic N) is 6. The number of benzene rings is 4. The molecule has 0 unspecified atom stereocenters. The van der Waals surface area contributed by atoms with Crippen LogP contribution in [0.1, 0.15) is 25.0 Å². The molecule has 0 saturated heterocycles. The van der Waals surface area contributed by atoms with Gasteiger partial charge in [0.2, 0.25) is 9.54 Å². The number of hydrogen-bond acceptors (Lipinski definition) is 8. The van der Waals surface area contributed by atoms with Crippen molar-refractivity contribution >= 4 is 36.9 Å². The molecule has 0 fully saturated rings. The summed E-state index contributed by atoms with van der Waals surface area (Å²) < 4.78 is 15.2. The largest absolute Gasteiger partial charge is 0.494 e. The van der Waals surface area contributed by atoms with Gasteiger partial charge in [0.1, 0.15) is 11.5 Å². The van der Waals surface area contributed by atoms with Crippen molar-refractivity contribution in [3.63, 3.8) is 0 Å². The third-order valence-corrected chi connectivity index (χ3v) is 6.88. The van der Waals surface area contributed by atoms with Gasteiger partial charge in [0, 0.05) is 11.1 Å². The van der Waals surface area contributed by atoms with Crippen LogP contribution >= 0.6 is 24.4 Å². The molecule has 232 valence electrons. The fourth-order valence-electron chi connectivity index (χ4n) is 4.28. The van der Waals surface area contributed by atoms with Crippen LogP contribution in [-0.2, 0) is 0 Å². The zero-order valence-electron chi connectivity index (χ0n) is 25.3. The lowest BCUT2D eigenvalue weighted by Crippen LogP contribution is -1.96. The Morgan fingerprint density at radius 2 is 1.02 bits per heavy atom. The molecule has 2 aromatic heterocycles. The molecule has 0 saturated carbocycles. The highest BCUT2D eigenvalue weighted by molar-refractivity contribution is 7.71. The SMILES string of the molecule is CCOc1cccc(-c2n[nH]c(=S)n2N=Cc2ccccc2)c1.CCOc1cccc(-c2n[nH]c(=S)n2N=Cc2ccccc2)c1. The summed E-state index contributed by atoms with van der Waals surface area (Å²) >= 11 is 10.5. The van der Waals surface area contributed by atoms with Crippen molar-refractivity contribution in [1.29, 1.82) is 0 Å². The van der Waals surface area contributed by atoms with Gasteiger partial charge in [-0.05, 0) is 73.7 Å². The highest BCUT2D eigenvalue weighted by Gasteiger charge is 2.10. The summed E-state index contributed by atoms with van der Waals surface area (Å²) in [5.74, 6) is 2.86. The third kappa shape index (κ3) is 8.37. The van der Waals surface area contributed by atoms with Crippen LogP contribution in [0.15, 0.2) is 119 Å². The third-order valence-electron chi connectivity index (χ3n) is 6.35. The maximum Gasteiger partial charge on any atom is 0.216 e. The summed E-state index contributed by atoms with van der Waals surface area (Å²) in [5, 5.41) is 23.0. The van der Waals surface area contributed by atoms with E-state index in [9.17, 15) is 0 Å². The zero-order chi connectivity index (χ0) is 32.1. The fraction of sp³-hybridized carbons (Fsp3) is 0.118. The lowest BCUT2D eigenvalue weighted by molar-refractivity contribution is 0.340. The summed E-state index contributed by atoms with van der Waals surface area (Å²) in [5.41, 5.74) is 3.75. The van der Waals surface area contributed by atoms with Crippen molar-refractivity contribution in [1.82, 2.24) is 29.7 Å². The molecule has 0 amide bonds. The Hall–Kier alpha value is -5.46. The first-order valence-electron chi connectivity index (χ1n) is 14.6. The molecule has 0 atom stereocenters. The summed E-state index contributed by atoms with van der Waals surface area (Å²) in [6.07, 6.45) is 3.50. The first kappa shape index (κ1) is 31.9. The van der Waals surface area contributed by atoms with Gasteiger partial charge in [-0.15, -0.1) is 0 Å². The summed E-state index contributed by atoms with van der Waals surface area (Å²) in [6, 6.07) is 35.1. The normalized spacial score (nSPS) is 11.0. The zero-order valence-corrected chi connectivity index (χ0v) is 26.9. The number of hydrogen-bond donors (Lipinski definition) is 2. The molecule has 0 spiro atoms. The van der Waals surface area contributed by atoms with Gasteiger partial charge in [-0.2, -0.15) is 29.8 Å². The fourth-order valence-corrected chi connectivity index (χ4v) is 4.64. The van der Waals surface area contributed by atoms with Gasteiger partial charge >= 0.3 is 0 Å². The Morgan fingerprint density at radius 1 is 0.609 bits per heavy atom. The Labute approximate surface area is 276 Å². The molecule has 0 bridgehead atoms. The van der Waals surface area contributed by atoms with Crippen molar-refractivity contribution in [2.75, 3.05) is 13.2 Å². The molecule has 0 aliphatic rings. The average molecular weight is 649 g/mol. The first-order valence-corrected chi connectivity index (χ1v) is 15.4. The van der Waals surface area contributed by atoms with Crippen LogP contribution < -0.4 is 9.47 Å². The second-order valence-corrected chi connectivity index (χ2v) is 10.3. The standard InChI is InChI=1S/2C17H16N4OS/c2*1-2-22-15-10-6-9-14(11-15)16-19-20-17(23)21(16)18-12-13-7-4-3-5-8-13/h2*3-12H,2H2,1H3,(H,20,23). The Bertz CT molecular complexity index is 1880. The minimum Gasteiger partial charge on any atom is -0.494 e. The first-order chi connectivity index (χ1) is 22.6. The molecule has 6 aromatic rings. The van der Waals surface area contributed by atoms with Gasteiger partial charge in [-0.25, -0.2) is 10.2 Å². The molecule has 10 nitrogen and oxygen atoms in total. The van der Waals surface area contributed by atoms with Crippen LogP contribution in [0.4, 0.5) is 0 Å². The van der Waals surface area contributed by atoms with Crippen molar-refractivity contribution in [3.05, 3.63) is 130 Å². The van der Waals surface area contributed by atoms with Gasteiger partial charge in [0.25, 0.3) is 0 Å². The Kier molecular flexibility index (Phi) is 11.1. The van der Waals surface area contributed by atoms with Gasteiger partial charge in [-0.1, -0.05) is 84.9 Å². The number of nitrogens with one attached hydrogen (secondary N) is 2. The molecule has 0 aliphatic carbocycles. The van der Waals surface area contributed by atoms with E-state index in [0.29, 0.717) is 34.4 Å². The predicted molar refractivity (Wildman–Crippen MR) is 187 cm³/mol. The molecule has 0 aliphatic heterocycles. The molecule has 6 rings (SSSR count). The van der Waals surface area contributed by atoms with Crippen LogP contribution in [0.25, 0.3) is 22.8 Å². The Morgan fingerprint density at radius 3 is 1.41 bits per heavy atom. The van der Waals surface area contributed by atoms with Gasteiger partial charge in [0.05, 0.1) is 25.6 Å². The van der Waals surface area contributed by atoms with E-state index in [1.807, 2.05) is 123 Å². The van der Waals surface area contributed by atoms with E-state index in [-0.39, 0.29) is 0 Å². The maximum absolute atomic E-state index is 5.53. The Balaban J connectivity index is 0.000000181. The summed E-state index contributed by atoms with van der Waals surface area (Å²) in [6.45, 7) is 5.13. The van der Waals surface area contributed by atoms with Crippen LogP contribution in [0.3, 0.4) is 0 Å². The van der Waals surface area contributed by atoms with E-state index in [0.717, 1.165) is 33.8 Å². The van der Waals surface area contributed by atoms with E-state index in [1.54, 1.807) is 21.8 Å². The van der Waals surface area contributed by atoms with E-state index >= 15 is 0 Å². The van der Waals surface area contributed by atoms with Crippen LogP contribution in [0, 0.1) is 9.54 Å². The number of aromatic nitrogens is 6. The predicted octanol–water partition coefficient (Wildman–Crippen LogP) is 7.78. The molecule has 4 aromatic carbocycles. The quantitative estimate of drug-likeness (QED) is 0.116. The number of aromatic amines is 2. The van der Waals surface area contributed by atoms with Crippen molar-refractivity contribution in [2.24, 2.45) is 10.2 Å². The lowest BCUT2D eigenvalue weighted by Gasteiger charge is -2.05. The minimum absolute atomic E-state index is 0.439. The topological polar surface area (TPSA) is 110 Å². The molecule has 2 heterocycles. The van der Waals surface area contributed by atoms with E-state index in [2.05, 4.69) is 30.6 Å². The van der Waals surface area contributed by atoms with E-state index in [4.69, 9.17) is 33.9 Å². The molecular weight excluding hydrogens is 617 g/mol. The second kappa shape index (κ2) is 16.0. The van der Waals surface area contributed by atoms with Crippen LogP contribution in [-0.4, -0.2) is 55.4 Å². The van der Waals surface area contributed by atoms with Crippen molar-refractivity contribution in [3.8, 4) is 34.3 Å². The molecule has 0 radical (unpaired) electrons. The second-order valence-electron chi connectivity index (χ2n) is 9.56. The van der Waals surface area contributed by atoms with Crippen LogP contribution in [0.2, 0.25) is 0 Å². The molecule has 2 N–H and O–H groups in total. The molecular formula is C34H32N8O2S2. The number of H-pyrrole nitrogens is 2. The van der Waals surface area contributed by atoms with E-state index < -0.39 is 0 Å². The minimum atomic E-state index is 0.439. The smallest absolute Gasteiger partial charge is 0.216 e. The van der Waals surface area contributed by atoms with Gasteiger partial charge < -0.3 is 9.47 Å².